The topological polar surface area (TPSA) is 67.4 Å². The van der Waals surface area contributed by atoms with Crippen LogP contribution in [0.15, 0.2) is 6.20 Å². The zero-order valence-corrected chi connectivity index (χ0v) is 13.3. The van der Waals surface area contributed by atoms with Crippen molar-refractivity contribution in [3.63, 3.8) is 0 Å². The van der Waals surface area contributed by atoms with E-state index in [9.17, 15) is 4.79 Å². The van der Waals surface area contributed by atoms with Crippen LogP contribution < -0.4 is 5.32 Å². The molecule has 2 aliphatic rings. The quantitative estimate of drug-likeness (QED) is 0.924. The molecule has 1 saturated heterocycles. The Morgan fingerprint density at radius 3 is 2.95 bits per heavy atom. The van der Waals surface area contributed by atoms with Gasteiger partial charge in [0.05, 0.1) is 18.3 Å². The number of rotatable bonds is 4. The number of fused-ring (bicyclic) bond motifs is 1. The molecule has 3 rings (SSSR count). The van der Waals surface area contributed by atoms with Gasteiger partial charge in [-0.15, -0.1) is 0 Å². The molecule has 6 nitrogen and oxygen atoms in total. The molecule has 0 aromatic carbocycles. The van der Waals surface area contributed by atoms with Gasteiger partial charge in [0.15, 0.2) is 0 Å². The van der Waals surface area contributed by atoms with E-state index in [1.165, 1.54) is 0 Å². The van der Waals surface area contributed by atoms with Crippen LogP contribution in [-0.2, 0) is 16.1 Å². The first kappa shape index (κ1) is 15.2. The fourth-order valence-corrected chi connectivity index (χ4v) is 3.12. The second-order valence-electron chi connectivity index (χ2n) is 6.07. The molecule has 1 aromatic heterocycles. The number of nitrogens with zero attached hydrogens (tertiary/aromatic N) is 3. The van der Waals surface area contributed by atoms with Gasteiger partial charge in [0.25, 0.3) is 0 Å². The second kappa shape index (κ2) is 6.60. The maximum atomic E-state index is 12.2. The zero-order valence-electron chi connectivity index (χ0n) is 13.3. The van der Waals surface area contributed by atoms with Crippen LogP contribution in [0.5, 0.6) is 0 Å². The lowest BCUT2D eigenvalue weighted by atomic mass is 10.1. The molecule has 1 atom stereocenters. The number of carbonyl (C=O) groups excluding carboxylic acids is 1. The fraction of sp³-hybridized carbons (Fsp3) is 0.688. The van der Waals surface area contributed by atoms with Crippen molar-refractivity contribution in [1.82, 2.24) is 14.9 Å². The van der Waals surface area contributed by atoms with E-state index in [2.05, 4.69) is 15.3 Å². The van der Waals surface area contributed by atoms with Crippen LogP contribution in [0.4, 0.5) is 5.95 Å². The van der Waals surface area contributed by atoms with Gasteiger partial charge in [-0.1, -0.05) is 6.92 Å². The lowest BCUT2D eigenvalue weighted by molar-refractivity contribution is -0.133. The van der Waals surface area contributed by atoms with Crippen LogP contribution in [0.3, 0.4) is 0 Å². The summed E-state index contributed by atoms with van der Waals surface area (Å²) >= 11 is 0. The molecule has 0 aliphatic carbocycles. The smallest absolute Gasteiger partial charge is 0.223 e. The molecule has 3 heterocycles. The van der Waals surface area contributed by atoms with Gasteiger partial charge in [-0.3, -0.25) is 4.79 Å². The van der Waals surface area contributed by atoms with E-state index >= 15 is 0 Å². The molecule has 6 heteroatoms. The lowest BCUT2D eigenvalue weighted by Crippen LogP contribution is -2.28. The molecule has 1 amide bonds. The number of carbonyl (C=O) groups is 1. The SMILES string of the molecule is CCCC(=O)N1Cc2nc(NC3CCOCC3)ncc2C1C. The van der Waals surface area contributed by atoms with Gasteiger partial charge in [0.1, 0.15) is 0 Å². The van der Waals surface area contributed by atoms with Gasteiger partial charge in [-0.25, -0.2) is 9.97 Å². The highest BCUT2D eigenvalue weighted by Gasteiger charge is 2.31. The normalized spacial score (nSPS) is 21.7. The Morgan fingerprint density at radius 1 is 1.45 bits per heavy atom. The van der Waals surface area contributed by atoms with E-state index in [1.807, 2.05) is 24.9 Å². The standard InChI is InChI=1S/C16H24N4O2/c1-3-4-15(21)20-10-14-13(11(20)2)9-17-16(19-14)18-12-5-7-22-8-6-12/h9,11-12H,3-8,10H2,1-2H3,(H,17,18,19). The summed E-state index contributed by atoms with van der Waals surface area (Å²) in [6.07, 6.45) is 5.31. The first-order chi connectivity index (χ1) is 10.7. The number of amides is 1. The Bertz CT molecular complexity index is 543. The average Bonchev–Trinajstić information content (AvgIpc) is 2.85. The summed E-state index contributed by atoms with van der Waals surface area (Å²) in [7, 11) is 0. The number of anilines is 1. The summed E-state index contributed by atoms with van der Waals surface area (Å²) in [6.45, 7) is 6.26. The van der Waals surface area contributed by atoms with E-state index in [4.69, 9.17) is 4.74 Å². The maximum absolute atomic E-state index is 12.2. The van der Waals surface area contributed by atoms with Crippen LogP contribution in [-0.4, -0.2) is 40.0 Å². The van der Waals surface area contributed by atoms with Crippen LogP contribution in [0.25, 0.3) is 0 Å². The predicted molar refractivity (Wildman–Crippen MR) is 83.4 cm³/mol. The van der Waals surface area contributed by atoms with Crippen LogP contribution >= 0.6 is 0 Å². The fourth-order valence-electron chi connectivity index (χ4n) is 3.12. The Balaban J connectivity index is 1.70. The van der Waals surface area contributed by atoms with Crippen LogP contribution in [0.1, 0.15) is 56.8 Å². The summed E-state index contributed by atoms with van der Waals surface area (Å²) < 4.78 is 5.36. The molecule has 0 saturated carbocycles. The second-order valence-corrected chi connectivity index (χ2v) is 6.07. The molecular weight excluding hydrogens is 280 g/mol. The predicted octanol–water partition coefficient (Wildman–Crippen LogP) is 2.27. The van der Waals surface area contributed by atoms with Crippen molar-refractivity contribution in [1.29, 1.82) is 0 Å². The first-order valence-corrected chi connectivity index (χ1v) is 8.18. The third-order valence-corrected chi connectivity index (χ3v) is 4.48. The van der Waals surface area contributed by atoms with Gasteiger partial charge in [-0.2, -0.15) is 0 Å². The van der Waals surface area contributed by atoms with Crippen molar-refractivity contribution in [3.05, 3.63) is 17.5 Å². The molecular formula is C16H24N4O2. The number of ether oxygens (including phenoxy) is 1. The third-order valence-electron chi connectivity index (χ3n) is 4.48. The molecule has 1 fully saturated rings. The Kier molecular flexibility index (Phi) is 4.57. The maximum Gasteiger partial charge on any atom is 0.223 e. The van der Waals surface area contributed by atoms with Crippen molar-refractivity contribution in [3.8, 4) is 0 Å². The zero-order chi connectivity index (χ0) is 15.5. The number of nitrogens with one attached hydrogen (secondary N) is 1. The molecule has 1 unspecified atom stereocenters. The van der Waals surface area contributed by atoms with Gasteiger partial charge in [-0.05, 0) is 26.2 Å². The van der Waals surface area contributed by atoms with E-state index < -0.39 is 0 Å². The highest BCUT2D eigenvalue weighted by atomic mass is 16.5. The number of hydrogen-bond donors (Lipinski definition) is 1. The van der Waals surface area contributed by atoms with E-state index in [0.717, 1.165) is 43.7 Å². The van der Waals surface area contributed by atoms with E-state index in [-0.39, 0.29) is 11.9 Å². The van der Waals surface area contributed by atoms with Crippen LogP contribution in [0.2, 0.25) is 0 Å². The minimum absolute atomic E-state index is 0.0752. The molecule has 2 aliphatic heterocycles. The average molecular weight is 304 g/mol. The van der Waals surface area contributed by atoms with Gasteiger partial charge < -0.3 is 15.0 Å². The summed E-state index contributed by atoms with van der Waals surface area (Å²) in [6, 6.07) is 0.453. The van der Waals surface area contributed by atoms with Gasteiger partial charge >= 0.3 is 0 Å². The van der Waals surface area contributed by atoms with Gasteiger partial charge in [0.2, 0.25) is 11.9 Å². The summed E-state index contributed by atoms with van der Waals surface area (Å²) in [4.78, 5) is 23.1. The Hall–Kier alpha value is -1.69. The van der Waals surface area contributed by atoms with Crippen molar-refractivity contribution in [2.24, 2.45) is 0 Å². The van der Waals surface area contributed by atoms with Crippen molar-refractivity contribution in [2.75, 3.05) is 18.5 Å². The first-order valence-electron chi connectivity index (χ1n) is 8.18. The summed E-state index contributed by atoms with van der Waals surface area (Å²) in [5, 5.41) is 3.39. The molecule has 0 bridgehead atoms. The van der Waals surface area contributed by atoms with E-state index in [1.54, 1.807) is 0 Å². The van der Waals surface area contributed by atoms with Crippen molar-refractivity contribution >= 4 is 11.9 Å². The largest absolute Gasteiger partial charge is 0.381 e. The minimum Gasteiger partial charge on any atom is -0.381 e. The summed E-state index contributed by atoms with van der Waals surface area (Å²) in [5.41, 5.74) is 2.04. The number of hydrogen-bond acceptors (Lipinski definition) is 5. The minimum atomic E-state index is 0.0752. The molecule has 0 radical (unpaired) electrons. The molecule has 1 N–H and O–H groups in total. The Labute approximate surface area is 131 Å². The monoisotopic (exact) mass is 304 g/mol. The summed E-state index contributed by atoms with van der Waals surface area (Å²) in [5.74, 6) is 0.870. The van der Waals surface area contributed by atoms with Crippen molar-refractivity contribution < 1.29 is 9.53 Å². The number of aromatic nitrogens is 2. The molecule has 1 aromatic rings. The molecule has 22 heavy (non-hydrogen) atoms. The van der Waals surface area contributed by atoms with Gasteiger partial charge in [0, 0.05) is 37.4 Å². The molecule has 0 spiro atoms. The Morgan fingerprint density at radius 2 is 2.23 bits per heavy atom. The van der Waals surface area contributed by atoms with Crippen molar-refractivity contribution in [2.45, 2.75) is 58.2 Å². The van der Waals surface area contributed by atoms with Crippen LogP contribution in [0, 0.1) is 0 Å². The molecule has 120 valence electrons. The highest BCUT2D eigenvalue weighted by Crippen LogP contribution is 2.32. The highest BCUT2D eigenvalue weighted by molar-refractivity contribution is 5.77. The van der Waals surface area contributed by atoms with E-state index in [0.29, 0.717) is 25.0 Å². The third kappa shape index (κ3) is 3.06. The lowest BCUT2D eigenvalue weighted by Gasteiger charge is -2.23.